The summed E-state index contributed by atoms with van der Waals surface area (Å²) >= 11 is 0. The van der Waals surface area contributed by atoms with E-state index in [1.54, 1.807) is 36.4 Å². The van der Waals surface area contributed by atoms with Crippen LogP contribution in [-0.2, 0) is 26.2 Å². The molecule has 6 atom stereocenters. The summed E-state index contributed by atoms with van der Waals surface area (Å²) in [6.45, 7) is 9.19. The van der Waals surface area contributed by atoms with Gasteiger partial charge in [0.15, 0.2) is 0 Å². The summed E-state index contributed by atoms with van der Waals surface area (Å²) in [4.78, 5) is 0.615. The second kappa shape index (κ2) is 12.8. The zero-order valence-electron chi connectivity index (χ0n) is 24.4. The van der Waals surface area contributed by atoms with E-state index in [0.717, 1.165) is 16.7 Å². The lowest BCUT2D eigenvalue weighted by Gasteiger charge is -2.31. The maximum atomic E-state index is 14.9. The van der Waals surface area contributed by atoms with Crippen LogP contribution in [0.2, 0.25) is 0 Å². The van der Waals surface area contributed by atoms with Gasteiger partial charge in [-0.05, 0) is 56.0 Å². The summed E-state index contributed by atoms with van der Waals surface area (Å²) in [6.07, 6.45) is -0.678. The molecule has 0 saturated carbocycles. The van der Waals surface area contributed by atoms with Crippen molar-refractivity contribution in [3.8, 4) is 0 Å². The van der Waals surface area contributed by atoms with E-state index in [4.69, 9.17) is 4.36 Å². The van der Waals surface area contributed by atoms with Crippen LogP contribution in [0.4, 0.5) is 0 Å². The van der Waals surface area contributed by atoms with Gasteiger partial charge in [0.25, 0.3) is 0 Å². The van der Waals surface area contributed by atoms with Gasteiger partial charge in [-0.2, -0.15) is 4.31 Å². The minimum Gasteiger partial charge on any atom is -0.394 e. The summed E-state index contributed by atoms with van der Waals surface area (Å²) in [7, 11) is -7.31. The molecule has 1 heterocycles. The number of hydrogen-bond acceptors (Lipinski definition) is 6. The zero-order valence-corrected chi connectivity index (χ0v) is 26.1. The van der Waals surface area contributed by atoms with Crippen molar-refractivity contribution in [2.45, 2.75) is 75.1 Å². The lowest BCUT2D eigenvalue weighted by molar-refractivity contribution is 0.113. The smallest absolute Gasteiger partial charge is 0.243 e. The molecule has 0 bridgehead atoms. The standard InChI is InChI=1S/C32H42N2O5S2/c1-22(2)29(20-35)33-40(37,27-15-11-23(3)12-16-27)21-31-25(5)32(36)30(19-26-9-7-6-8-10-26)34(31)41(38,39)28-17-13-24(4)14-18-28/h6-18,22,25,29-32,35-36H,19-21H2,1-5H3/t25-,29-,30+,31+,32-,40+/m1/s1. The Labute approximate surface area is 245 Å². The molecule has 9 heteroatoms. The Morgan fingerprint density at radius 1 is 0.829 bits per heavy atom. The fraction of sp³-hybridized carbons (Fsp3) is 0.438. The van der Waals surface area contributed by atoms with E-state index < -0.39 is 49.9 Å². The first-order chi connectivity index (χ1) is 19.4. The van der Waals surface area contributed by atoms with Crippen molar-refractivity contribution in [1.82, 2.24) is 4.31 Å². The minimum atomic E-state index is -4.09. The van der Waals surface area contributed by atoms with Crippen LogP contribution in [0.25, 0.3) is 0 Å². The van der Waals surface area contributed by atoms with Crippen LogP contribution < -0.4 is 0 Å². The molecular formula is C32H42N2O5S2. The van der Waals surface area contributed by atoms with E-state index >= 15 is 0 Å². The van der Waals surface area contributed by atoms with Crippen molar-refractivity contribution in [3.05, 3.63) is 95.6 Å². The monoisotopic (exact) mass is 598 g/mol. The van der Waals surface area contributed by atoms with Crippen molar-refractivity contribution in [2.75, 3.05) is 12.4 Å². The molecule has 0 radical (unpaired) electrons. The van der Waals surface area contributed by atoms with Gasteiger partial charge in [0, 0.05) is 16.9 Å². The minimum absolute atomic E-state index is 0.0731. The second-order valence-corrected chi connectivity index (χ2v) is 15.7. The first kappa shape index (κ1) is 31.4. The third-order valence-electron chi connectivity index (χ3n) is 8.13. The number of rotatable bonds is 10. The first-order valence-electron chi connectivity index (χ1n) is 14.1. The Kier molecular flexibility index (Phi) is 9.76. The van der Waals surface area contributed by atoms with Gasteiger partial charge in [-0.15, -0.1) is 0 Å². The Balaban J connectivity index is 1.88. The number of aryl methyl sites for hydroxylation is 2. The van der Waals surface area contributed by atoms with E-state index in [2.05, 4.69) is 0 Å². The number of sulfonamides is 1. The van der Waals surface area contributed by atoms with Gasteiger partial charge < -0.3 is 10.2 Å². The second-order valence-electron chi connectivity index (χ2n) is 11.5. The lowest BCUT2D eigenvalue weighted by atomic mass is 9.96. The van der Waals surface area contributed by atoms with Crippen LogP contribution in [0.5, 0.6) is 0 Å². The van der Waals surface area contributed by atoms with Crippen molar-refractivity contribution in [1.29, 1.82) is 0 Å². The molecule has 1 saturated heterocycles. The largest absolute Gasteiger partial charge is 0.394 e. The molecule has 2 N–H and O–H groups in total. The molecule has 0 spiro atoms. The van der Waals surface area contributed by atoms with Gasteiger partial charge >= 0.3 is 0 Å². The Hall–Kier alpha value is -2.56. The van der Waals surface area contributed by atoms with E-state index in [-0.39, 0.29) is 23.2 Å². The Morgan fingerprint density at radius 2 is 1.37 bits per heavy atom. The molecule has 1 aliphatic heterocycles. The molecule has 0 aromatic heterocycles. The van der Waals surface area contributed by atoms with Gasteiger partial charge in [-0.3, -0.25) is 0 Å². The Morgan fingerprint density at radius 3 is 1.88 bits per heavy atom. The van der Waals surface area contributed by atoms with Crippen molar-refractivity contribution < 1.29 is 22.8 Å². The molecule has 4 rings (SSSR count). The Bertz CT molecular complexity index is 1530. The zero-order chi connectivity index (χ0) is 29.9. The molecule has 1 fully saturated rings. The van der Waals surface area contributed by atoms with Crippen LogP contribution in [0.3, 0.4) is 0 Å². The molecule has 3 aromatic carbocycles. The average Bonchev–Trinajstić information content (AvgIpc) is 3.17. The molecular weight excluding hydrogens is 556 g/mol. The molecule has 0 aliphatic carbocycles. The number of nitrogens with zero attached hydrogens (tertiary/aromatic N) is 2. The van der Waals surface area contributed by atoms with Gasteiger partial charge in [0.05, 0.1) is 45.2 Å². The van der Waals surface area contributed by atoms with Gasteiger partial charge in [-0.1, -0.05) is 86.5 Å². The predicted octanol–water partition coefficient (Wildman–Crippen LogP) is 4.83. The lowest BCUT2D eigenvalue weighted by Crippen LogP contribution is -2.47. The van der Waals surface area contributed by atoms with Gasteiger partial charge in [0.2, 0.25) is 10.0 Å². The number of aliphatic hydroxyl groups excluding tert-OH is 2. The summed E-state index contributed by atoms with van der Waals surface area (Å²) in [5.74, 6) is -0.693. The number of benzene rings is 3. The molecule has 41 heavy (non-hydrogen) atoms. The molecule has 0 amide bonds. The van der Waals surface area contributed by atoms with Crippen molar-refractivity contribution >= 4 is 19.8 Å². The molecule has 1 aliphatic rings. The SMILES string of the molecule is Cc1ccc(S(=O)(=O)N2[C@@H](C[S@@](=O)(=N[C@H](CO)C(C)C)c3ccc(C)cc3)[C@@H](C)[C@@H](O)[C@@H]2Cc2ccccc2)cc1. The van der Waals surface area contributed by atoms with Crippen LogP contribution in [0.1, 0.15) is 37.5 Å². The maximum Gasteiger partial charge on any atom is 0.243 e. The summed E-state index contributed by atoms with van der Waals surface area (Å²) in [6, 6.07) is 21.3. The first-order valence-corrected chi connectivity index (χ1v) is 17.2. The quantitative estimate of drug-likeness (QED) is 0.348. The fourth-order valence-corrected chi connectivity index (χ4v) is 10.1. The highest BCUT2D eigenvalue weighted by atomic mass is 32.2. The molecule has 7 nitrogen and oxygen atoms in total. The summed E-state index contributed by atoms with van der Waals surface area (Å²) in [5, 5.41) is 21.7. The third-order valence-corrected chi connectivity index (χ3v) is 12.5. The van der Waals surface area contributed by atoms with Crippen molar-refractivity contribution in [3.63, 3.8) is 0 Å². The summed E-state index contributed by atoms with van der Waals surface area (Å²) < 4.78 is 49.8. The topological polar surface area (TPSA) is 107 Å². The number of aliphatic hydroxyl groups is 2. The van der Waals surface area contributed by atoms with E-state index in [1.165, 1.54) is 4.31 Å². The van der Waals surface area contributed by atoms with E-state index in [0.29, 0.717) is 11.3 Å². The molecule has 222 valence electrons. The highest BCUT2D eigenvalue weighted by molar-refractivity contribution is 7.93. The van der Waals surface area contributed by atoms with Crippen LogP contribution in [-0.4, -0.2) is 63.7 Å². The number of hydrogen-bond donors (Lipinski definition) is 2. The van der Waals surface area contributed by atoms with Gasteiger partial charge in [0.1, 0.15) is 0 Å². The highest BCUT2D eigenvalue weighted by Gasteiger charge is 2.52. The normalized spacial score (nSPS) is 23.8. The third kappa shape index (κ3) is 6.75. The van der Waals surface area contributed by atoms with Crippen LogP contribution in [0, 0.1) is 25.7 Å². The molecule has 3 aromatic rings. The maximum absolute atomic E-state index is 14.9. The van der Waals surface area contributed by atoms with E-state index in [1.807, 2.05) is 77.1 Å². The average molecular weight is 599 g/mol. The highest BCUT2D eigenvalue weighted by Crippen LogP contribution is 2.39. The molecule has 0 unspecified atom stereocenters. The fourth-order valence-electron chi connectivity index (χ4n) is 5.45. The van der Waals surface area contributed by atoms with Crippen LogP contribution in [0.15, 0.2) is 93.0 Å². The predicted molar refractivity (Wildman–Crippen MR) is 164 cm³/mol. The van der Waals surface area contributed by atoms with Gasteiger partial charge in [-0.25, -0.2) is 17.0 Å². The van der Waals surface area contributed by atoms with Crippen molar-refractivity contribution in [2.24, 2.45) is 16.2 Å². The van der Waals surface area contributed by atoms with Crippen LogP contribution >= 0.6 is 0 Å². The van der Waals surface area contributed by atoms with E-state index in [9.17, 15) is 22.8 Å². The summed E-state index contributed by atoms with van der Waals surface area (Å²) in [5.41, 5.74) is 2.83.